The number of aromatic nitrogens is 2. The van der Waals surface area contributed by atoms with Crippen LogP contribution in [0.4, 0.5) is 5.82 Å². The van der Waals surface area contributed by atoms with Gasteiger partial charge in [-0.3, -0.25) is 9.59 Å². The summed E-state index contributed by atoms with van der Waals surface area (Å²) in [6, 6.07) is 7.90. The molecular formula is C19H17Cl2N3O3S. The third-order valence-electron chi connectivity index (χ3n) is 3.93. The van der Waals surface area contributed by atoms with Crippen LogP contribution in [0.3, 0.4) is 0 Å². The van der Waals surface area contributed by atoms with E-state index in [9.17, 15) is 9.59 Å². The van der Waals surface area contributed by atoms with E-state index in [4.69, 9.17) is 27.9 Å². The summed E-state index contributed by atoms with van der Waals surface area (Å²) in [6.45, 7) is 1.31. The number of benzene rings is 1. The molecule has 1 amide bonds. The zero-order chi connectivity index (χ0) is 20.1. The molecule has 3 rings (SSSR count). The molecule has 0 spiro atoms. The Morgan fingerprint density at radius 1 is 1.25 bits per heavy atom. The number of nitrogens with one attached hydrogen (secondary N) is 1. The number of carbonyl (C=O) groups excluding carboxylic acids is 2. The van der Waals surface area contributed by atoms with E-state index in [0.29, 0.717) is 23.4 Å². The van der Waals surface area contributed by atoms with E-state index < -0.39 is 18.5 Å². The van der Waals surface area contributed by atoms with Gasteiger partial charge in [0, 0.05) is 12.6 Å². The van der Waals surface area contributed by atoms with E-state index in [1.807, 2.05) is 24.3 Å². The first-order valence-electron chi connectivity index (χ1n) is 8.54. The van der Waals surface area contributed by atoms with E-state index in [0.717, 1.165) is 15.2 Å². The van der Waals surface area contributed by atoms with Crippen molar-refractivity contribution in [2.24, 2.45) is 0 Å². The van der Waals surface area contributed by atoms with Crippen LogP contribution in [0.15, 0.2) is 30.5 Å². The number of nitrogens with zero attached hydrogens (tertiary/aromatic N) is 2. The predicted molar refractivity (Wildman–Crippen MR) is 111 cm³/mol. The number of thiazole rings is 1. The Balaban J connectivity index is 1.41. The summed E-state index contributed by atoms with van der Waals surface area (Å²) in [5.74, 6) is -0.779. The molecule has 3 aromatic rings. The van der Waals surface area contributed by atoms with E-state index in [2.05, 4.69) is 15.3 Å². The minimum Gasteiger partial charge on any atom is -0.456 e. The van der Waals surface area contributed by atoms with Crippen molar-refractivity contribution in [3.8, 4) is 0 Å². The van der Waals surface area contributed by atoms with Crippen molar-refractivity contribution in [2.45, 2.75) is 26.2 Å². The third-order valence-corrected chi connectivity index (χ3v) is 5.87. The lowest BCUT2D eigenvalue weighted by molar-refractivity contribution is -0.147. The molecule has 0 radical (unpaired) electrons. The molecule has 0 saturated heterocycles. The molecule has 0 atom stereocenters. The second kappa shape index (κ2) is 9.32. The molecule has 1 aromatic carbocycles. The van der Waals surface area contributed by atoms with Gasteiger partial charge in [0.2, 0.25) is 0 Å². The normalized spacial score (nSPS) is 10.8. The molecule has 6 nitrogen and oxygen atoms in total. The van der Waals surface area contributed by atoms with Crippen LogP contribution < -0.4 is 5.32 Å². The number of hydrogen-bond acceptors (Lipinski definition) is 6. The number of aryl methyl sites for hydroxylation is 1. The smallest absolute Gasteiger partial charge is 0.306 e. The minimum absolute atomic E-state index is 0.181. The van der Waals surface area contributed by atoms with Gasteiger partial charge in [0.15, 0.2) is 12.4 Å². The van der Waals surface area contributed by atoms with Gasteiger partial charge in [-0.1, -0.05) is 35.3 Å². The molecule has 146 valence electrons. The predicted octanol–water partition coefficient (Wildman–Crippen LogP) is 4.81. The number of halogens is 2. The first-order valence-corrected chi connectivity index (χ1v) is 10.1. The van der Waals surface area contributed by atoms with Crippen LogP contribution >= 0.6 is 34.5 Å². The highest BCUT2D eigenvalue weighted by Crippen LogP contribution is 2.28. The van der Waals surface area contributed by atoms with Crippen molar-refractivity contribution in [1.29, 1.82) is 0 Å². The molecule has 0 unspecified atom stereocenters. The number of amides is 1. The number of ether oxygens (including phenoxy) is 1. The molecule has 0 saturated carbocycles. The van der Waals surface area contributed by atoms with Crippen molar-refractivity contribution < 1.29 is 14.3 Å². The summed E-state index contributed by atoms with van der Waals surface area (Å²) in [4.78, 5) is 32.3. The number of anilines is 1. The molecule has 0 fully saturated rings. The van der Waals surface area contributed by atoms with Crippen molar-refractivity contribution in [3.63, 3.8) is 0 Å². The molecule has 0 aliphatic rings. The number of esters is 1. The maximum absolute atomic E-state index is 11.9. The van der Waals surface area contributed by atoms with Gasteiger partial charge in [0.05, 0.1) is 25.3 Å². The number of carbonyl (C=O) groups is 2. The Bertz CT molecular complexity index is 990. The van der Waals surface area contributed by atoms with Gasteiger partial charge in [0.1, 0.15) is 0 Å². The monoisotopic (exact) mass is 437 g/mol. The Morgan fingerprint density at radius 2 is 2.04 bits per heavy atom. The van der Waals surface area contributed by atoms with Crippen molar-refractivity contribution in [3.05, 3.63) is 51.1 Å². The zero-order valence-corrected chi connectivity index (χ0v) is 17.3. The summed E-state index contributed by atoms with van der Waals surface area (Å²) >= 11 is 13.6. The first kappa shape index (κ1) is 20.5. The number of hydrogen-bond donors (Lipinski definition) is 1. The quantitative estimate of drug-likeness (QED) is 0.536. The van der Waals surface area contributed by atoms with Crippen LogP contribution in [-0.4, -0.2) is 28.5 Å². The molecule has 28 heavy (non-hydrogen) atoms. The van der Waals surface area contributed by atoms with Crippen molar-refractivity contribution in [1.82, 2.24) is 9.97 Å². The van der Waals surface area contributed by atoms with Gasteiger partial charge in [0.25, 0.3) is 5.91 Å². The Hall–Kier alpha value is -2.22. The maximum Gasteiger partial charge on any atom is 0.306 e. The standard InChI is InChI=1S/C19H17Cl2N3O3S/c1-11-12(20)9-22-19(18(11)21)24-15(25)10-27-17(26)8-4-7-16-23-13-5-2-3-6-14(13)28-16/h2-3,5-6,9H,4,7-8,10H2,1H3,(H,22,24,25). The lowest BCUT2D eigenvalue weighted by atomic mass is 10.2. The van der Waals surface area contributed by atoms with Crippen LogP contribution in [0.5, 0.6) is 0 Å². The van der Waals surface area contributed by atoms with E-state index in [1.54, 1.807) is 18.3 Å². The molecule has 0 bridgehead atoms. The van der Waals surface area contributed by atoms with Crippen LogP contribution in [0.25, 0.3) is 10.2 Å². The fraction of sp³-hybridized carbons (Fsp3) is 0.263. The van der Waals surface area contributed by atoms with E-state index in [1.165, 1.54) is 6.20 Å². The fourth-order valence-electron chi connectivity index (χ4n) is 2.44. The average molecular weight is 438 g/mol. The highest BCUT2D eigenvalue weighted by molar-refractivity contribution is 7.18. The second-order valence-corrected chi connectivity index (χ2v) is 7.93. The molecule has 1 N–H and O–H groups in total. The minimum atomic E-state index is -0.518. The summed E-state index contributed by atoms with van der Waals surface area (Å²) in [6.07, 6.45) is 2.89. The maximum atomic E-state index is 11.9. The van der Waals surface area contributed by atoms with Crippen molar-refractivity contribution in [2.75, 3.05) is 11.9 Å². The van der Waals surface area contributed by atoms with Crippen LogP contribution in [0, 0.1) is 6.92 Å². The number of fused-ring (bicyclic) bond motifs is 1. The molecule has 2 heterocycles. The number of para-hydroxylation sites is 1. The molecular weight excluding hydrogens is 421 g/mol. The molecule has 0 aliphatic heterocycles. The lowest BCUT2D eigenvalue weighted by Crippen LogP contribution is -2.21. The average Bonchev–Trinajstić information content (AvgIpc) is 3.09. The topological polar surface area (TPSA) is 81.2 Å². The fourth-order valence-corrected chi connectivity index (χ4v) is 3.84. The first-order chi connectivity index (χ1) is 13.4. The van der Waals surface area contributed by atoms with Crippen molar-refractivity contribution >= 4 is 62.4 Å². The summed E-state index contributed by atoms with van der Waals surface area (Å²) in [5.41, 5.74) is 1.58. The number of pyridine rings is 1. The lowest BCUT2D eigenvalue weighted by Gasteiger charge is -2.09. The van der Waals surface area contributed by atoms with Gasteiger partial charge in [-0.05, 0) is 37.5 Å². The Kier molecular flexibility index (Phi) is 6.83. The van der Waals surface area contributed by atoms with Gasteiger partial charge in [-0.2, -0.15) is 0 Å². The molecule has 0 aliphatic carbocycles. The van der Waals surface area contributed by atoms with Gasteiger partial charge < -0.3 is 10.1 Å². The van der Waals surface area contributed by atoms with Crippen LogP contribution in [0.1, 0.15) is 23.4 Å². The molecule has 2 aromatic heterocycles. The third kappa shape index (κ3) is 5.19. The van der Waals surface area contributed by atoms with Gasteiger partial charge in [-0.25, -0.2) is 9.97 Å². The van der Waals surface area contributed by atoms with Gasteiger partial charge >= 0.3 is 5.97 Å². The van der Waals surface area contributed by atoms with E-state index >= 15 is 0 Å². The SMILES string of the molecule is Cc1c(Cl)cnc(NC(=O)COC(=O)CCCc2nc3ccccc3s2)c1Cl. The largest absolute Gasteiger partial charge is 0.456 e. The van der Waals surface area contributed by atoms with E-state index in [-0.39, 0.29) is 17.3 Å². The Morgan fingerprint density at radius 3 is 2.82 bits per heavy atom. The zero-order valence-electron chi connectivity index (χ0n) is 15.0. The van der Waals surface area contributed by atoms with Crippen LogP contribution in [0.2, 0.25) is 10.0 Å². The number of rotatable bonds is 7. The van der Waals surface area contributed by atoms with Gasteiger partial charge in [-0.15, -0.1) is 11.3 Å². The van der Waals surface area contributed by atoms with Crippen LogP contribution in [-0.2, 0) is 20.7 Å². The second-order valence-electron chi connectivity index (χ2n) is 6.03. The highest BCUT2D eigenvalue weighted by Gasteiger charge is 2.13. The summed E-state index contributed by atoms with van der Waals surface area (Å²) < 4.78 is 6.13. The Labute approximate surface area is 175 Å². The summed E-state index contributed by atoms with van der Waals surface area (Å²) in [5, 5.41) is 4.14. The summed E-state index contributed by atoms with van der Waals surface area (Å²) in [7, 11) is 0. The molecule has 9 heteroatoms. The highest BCUT2D eigenvalue weighted by atomic mass is 35.5.